The van der Waals surface area contributed by atoms with Crippen LogP contribution in [0.1, 0.15) is 25.0 Å². The maximum Gasteiger partial charge on any atom is 0.0541 e. The lowest BCUT2D eigenvalue weighted by molar-refractivity contribution is 0.660. The number of para-hydroxylation sites is 1. The zero-order chi connectivity index (χ0) is 62.0. The Balaban J connectivity index is 0.824. The van der Waals surface area contributed by atoms with Crippen molar-refractivity contribution in [1.82, 2.24) is 4.57 Å². The summed E-state index contributed by atoms with van der Waals surface area (Å²) in [6.07, 6.45) is 0. The van der Waals surface area contributed by atoms with Gasteiger partial charge in [0, 0.05) is 38.9 Å². The van der Waals surface area contributed by atoms with Gasteiger partial charge in [-0.15, -0.1) is 0 Å². The van der Waals surface area contributed by atoms with Gasteiger partial charge >= 0.3 is 0 Å². The Bertz CT molecular complexity index is 5370. The number of fused-ring (bicyclic) bond motifs is 7. The second-order valence-electron chi connectivity index (χ2n) is 25.2. The molecule has 1 aromatic heterocycles. The van der Waals surface area contributed by atoms with Gasteiger partial charge in [0.2, 0.25) is 0 Å². The highest BCUT2D eigenvalue weighted by molar-refractivity contribution is 6.13. The number of benzene rings is 15. The Hall–Kier alpha value is -11.8. The molecule has 0 bridgehead atoms. The van der Waals surface area contributed by atoms with Crippen LogP contribution in [0.3, 0.4) is 0 Å². The Morgan fingerprint density at radius 3 is 1.25 bits per heavy atom. The summed E-state index contributed by atoms with van der Waals surface area (Å²) in [5.41, 5.74) is 30.7. The fraction of sp³-hybridized carbons (Fsp3) is 0.0330. The van der Waals surface area contributed by atoms with Gasteiger partial charge in [-0.2, -0.15) is 0 Å². The molecule has 1 heterocycles. The highest BCUT2D eigenvalue weighted by Crippen LogP contribution is 2.51. The summed E-state index contributed by atoms with van der Waals surface area (Å²) in [5.74, 6) is 0. The standard InChI is InChI=1S/C91H64N2/c1-91(2)86-37-20-18-33-81(86)82-49-48-76(60-87(82)91)92(74-44-39-64(40-45-74)61-23-8-3-9-24-61)75-46-41-65(42-47-75)68-43-52-89-85(59-68)83-34-19-21-38-88(83)93(89)77-57-72(71-54-69(62-25-10-4-11-26-62)53-70(55-71)63-27-12-5-13-28-63)56-73(58-77)78-50-51-80(67-31-16-7-17-32-67)90-79(35-22-36-84(78)90)66-29-14-6-15-30-66/h3-60H,1-2H3. The summed E-state index contributed by atoms with van der Waals surface area (Å²) in [7, 11) is 0. The first-order chi connectivity index (χ1) is 45.9. The van der Waals surface area contributed by atoms with E-state index in [1.165, 1.54) is 105 Å². The van der Waals surface area contributed by atoms with Gasteiger partial charge in [0.05, 0.1) is 11.0 Å². The number of hydrogen-bond donors (Lipinski definition) is 0. The van der Waals surface area contributed by atoms with Crippen LogP contribution < -0.4 is 4.90 Å². The van der Waals surface area contributed by atoms with Crippen LogP contribution in [0.15, 0.2) is 352 Å². The van der Waals surface area contributed by atoms with E-state index in [0.717, 1.165) is 61.6 Å². The van der Waals surface area contributed by atoms with Crippen molar-refractivity contribution in [3.8, 4) is 106 Å². The second kappa shape index (κ2) is 22.9. The molecular formula is C91H64N2. The third-order valence-corrected chi connectivity index (χ3v) is 19.4. The van der Waals surface area contributed by atoms with E-state index in [9.17, 15) is 0 Å². The van der Waals surface area contributed by atoms with Gasteiger partial charge in [-0.1, -0.05) is 275 Å². The summed E-state index contributed by atoms with van der Waals surface area (Å²) in [6, 6.07) is 130. The molecule has 2 heteroatoms. The molecule has 0 atom stereocenters. The molecule has 0 saturated heterocycles. The van der Waals surface area contributed by atoms with Crippen LogP contribution in [0.2, 0.25) is 0 Å². The molecule has 0 unspecified atom stereocenters. The summed E-state index contributed by atoms with van der Waals surface area (Å²) in [5, 5.41) is 4.84. The molecule has 2 nitrogen and oxygen atoms in total. The fourth-order valence-electron chi connectivity index (χ4n) is 14.8. The Labute approximate surface area is 543 Å². The van der Waals surface area contributed by atoms with Crippen LogP contribution in [0.25, 0.3) is 138 Å². The normalized spacial score (nSPS) is 12.3. The van der Waals surface area contributed by atoms with E-state index in [0.29, 0.717) is 0 Å². The average molecular weight is 1190 g/mol. The summed E-state index contributed by atoms with van der Waals surface area (Å²) >= 11 is 0. The van der Waals surface area contributed by atoms with Gasteiger partial charge in [-0.05, 0) is 213 Å². The van der Waals surface area contributed by atoms with Gasteiger partial charge in [-0.3, -0.25) is 0 Å². The zero-order valence-electron chi connectivity index (χ0n) is 51.9. The molecule has 0 radical (unpaired) electrons. The third-order valence-electron chi connectivity index (χ3n) is 19.4. The highest BCUT2D eigenvalue weighted by Gasteiger charge is 2.36. The summed E-state index contributed by atoms with van der Waals surface area (Å²) in [4.78, 5) is 2.42. The van der Waals surface area contributed by atoms with Crippen LogP contribution in [-0.2, 0) is 5.41 Å². The topological polar surface area (TPSA) is 8.17 Å². The Morgan fingerprint density at radius 2 is 0.624 bits per heavy atom. The molecule has 0 aliphatic heterocycles. The molecule has 15 aromatic carbocycles. The van der Waals surface area contributed by atoms with Crippen LogP contribution in [0, 0.1) is 0 Å². The van der Waals surface area contributed by atoms with E-state index in [2.05, 4.69) is 375 Å². The van der Waals surface area contributed by atoms with Crippen molar-refractivity contribution in [1.29, 1.82) is 0 Å². The van der Waals surface area contributed by atoms with Crippen molar-refractivity contribution in [2.45, 2.75) is 19.3 Å². The molecule has 1 aliphatic rings. The predicted octanol–water partition coefficient (Wildman–Crippen LogP) is 25.0. The summed E-state index contributed by atoms with van der Waals surface area (Å²) in [6.45, 7) is 4.72. The number of aromatic nitrogens is 1. The minimum atomic E-state index is -0.139. The molecule has 0 amide bonds. The Kier molecular flexibility index (Phi) is 13.6. The smallest absolute Gasteiger partial charge is 0.0541 e. The van der Waals surface area contributed by atoms with Gasteiger partial charge in [0.15, 0.2) is 0 Å². The molecular weight excluding hydrogens is 1120 g/mol. The van der Waals surface area contributed by atoms with E-state index in [1.807, 2.05) is 0 Å². The first-order valence-corrected chi connectivity index (χ1v) is 32.3. The van der Waals surface area contributed by atoms with E-state index >= 15 is 0 Å². The molecule has 93 heavy (non-hydrogen) atoms. The third kappa shape index (κ3) is 9.83. The molecule has 1 aliphatic carbocycles. The maximum absolute atomic E-state index is 2.50. The van der Waals surface area contributed by atoms with Gasteiger partial charge in [-0.25, -0.2) is 0 Å². The van der Waals surface area contributed by atoms with Crippen molar-refractivity contribution in [2.75, 3.05) is 4.90 Å². The summed E-state index contributed by atoms with van der Waals surface area (Å²) < 4.78 is 2.50. The number of hydrogen-bond acceptors (Lipinski definition) is 1. The van der Waals surface area contributed by atoms with Crippen LogP contribution in [0.4, 0.5) is 17.1 Å². The van der Waals surface area contributed by atoms with Crippen LogP contribution in [-0.4, -0.2) is 4.57 Å². The molecule has 438 valence electrons. The van der Waals surface area contributed by atoms with E-state index < -0.39 is 0 Å². The van der Waals surface area contributed by atoms with Crippen molar-refractivity contribution in [3.63, 3.8) is 0 Å². The molecule has 0 spiro atoms. The zero-order valence-corrected chi connectivity index (χ0v) is 51.9. The van der Waals surface area contributed by atoms with Crippen LogP contribution in [0.5, 0.6) is 0 Å². The molecule has 16 aromatic rings. The molecule has 0 N–H and O–H groups in total. The van der Waals surface area contributed by atoms with Crippen molar-refractivity contribution < 1.29 is 0 Å². The number of rotatable bonds is 12. The van der Waals surface area contributed by atoms with E-state index in [-0.39, 0.29) is 5.41 Å². The van der Waals surface area contributed by atoms with E-state index in [1.54, 1.807) is 0 Å². The first-order valence-electron chi connectivity index (χ1n) is 32.3. The lowest BCUT2D eigenvalue weighted by Gasteiger charge is -2.28. The number of anilines is 3. The lowest BCUT2D eigenvalue weighted by atomic mass is 9.82. The SMILES string of the molecule is CC1(C)c2ccccc2-c2ccc(N(c3ccc(-c4ccccc4)cc3)c3ccc(-c4ccc5c(c4)c4ccccc4n5-c4cc(-c5cc(-c6ccccc6)cc(-c6ccccc6)c5)cc(-c5ccc(-c6ccccc6)c6c(-c7ccccc7)cccc56)c4)cc3)cc21. The van der Waals surface area contributed by atoms with Crippen molar-refractivity contribution in [3.05, 3.63) is 363 Å². The van der Waals surface area contributed by atoms with Gasteiger partial charge < -0.3 is 9.47 Å². The molecule has 0 saturated carbocycles. The second-order valence-corrected chi connectivity index (χ2v) is 25.2. The lowest BCUT2D eigenvalue weighted by Crippen LogP contribution is -2.16. The van der Waals surface area contributed by atoms with Crippen LogP contribution >= 0.6 is 0 Å². The minimum absolute atomic E-state index is 0.139. The Morgan fingerprint density at radius 1 is 0.226 bits per heavy atom. The predicted molar refractivity (Wildman–Crippen MR) is 394 cm³/mol. The maximum atomic E-state index is 2.50. The van der Waals surface area contributed by atoms with E-state index in [4.69, 9.17) is 0 Å². The molecule has 0 fully saturated rings. The fourth-order valence-corrected chi connectivity index (χ4v) is 14.8. The average Bonchev–Trinajstić information content (AvgIpc) is 1.67. The number of nitrogens with zero attached hydrogens (tertiary/aromatic N) is 2. The largest absolute Gasteiger partial charge is 0.310 e. The highest BCUT2D eigenvalue weighted by atomic mass is 15.1. The monoisotopic (exact) mass is 1180 g/mol. The quantitative estimate of drug-likeness (QED) is 0.118. The van der Waals surface area contributed by atoms with Gasteiger partial charge in [0.1, 0.15) is 0 Å². The first kappa shape index (κ1) is 55.2. The molecule has 17 rings (SSSR count). The van der Waals surface area contributed by atoms with Crippen molar-refractivity contribution >= 4 is 49.6 Å². The van der Waals surface area contributed by atoms with Gasteiger partial charge in [0.25, 0.3) is 0 Å². The minimum Gasteiger partial charge on any atom is -0.310 e. The van der Waals surface area contributed by atoms with Crippen molar-refractivity contribution in [2.24, 2.45) is 0 Å².